The Balaban J connectivity index is 1.56. The maximum Gasteiger partial charge on any atom is 0.259 e. The molecule has 12 heteroatoms. The van der Waals surface area contributed by atoms with E-state index in [-0.39, 0.29) is 12.5 Å². The maximum absolute atomic E-state index is 12.6. The third-order valence-corrected chi connectivity index (χ3v) is 8.00. The molecule has 2 aromatic carbocycles. The van der Waals surface area contributed by atoms with Crippen LogP contribution >= 0.6 is 0 Å². The van der Waals surface area contributed by atoms with E-state index >= 15 is 0 Å². The highest BCUT2D eigenvalue weighted by Crippen LogP contribution is 2.42. The number of nitrogens with zero attached hydrogens (tertiary/aromatic N) is 4. The first-order chi connectivity index (χ1) is 17.6. The maximum atomic E-state index is 12.6. The van der Waals surface area contributed by atoms with E-state index in [2.05, 4.69) is 9.62 Å². The number of likely N-dealkylation sites (N-methyl/N-ethyl adjacent to an activating group) is 1. The molecule has 1 aromatic heterocycles. The van der Waals surface area contributed by atoms with Crippen LogP contribution in [-0.4, -0.2) is 67.2 Å². The smallest absolute Gasteiger partial charge is 0.259 e. The Labute approximate surface area is 218 Å². The number of anilines is 3. The molecule has 2 aliphatic heterocycles. The van der Waals surface area contributed by atoms with Crippen molar-refractivity contribution in [1.82, 2.24) is 14.9 Å². The van der Waals surface area contributed by atoms with Crippen LogP contribution in [0.3, 0.4) is 0 Å². The van der Waals surface area contributed by atoms with Gasteiger partial charge in [0.25, 0.3) is 5.91 Å². The van der Waals surface area contributed by atoms with Crippen molar-refractivity contribution in [3.63, 3.8) is 0 Å². The highest BCUT2D eigenvalue weighted by atomic mass is 32.2. The molecule has 1 atom stereocenters. The molecular formula is C25H27N5O5S2. The van der Waals surface area contributed by atoms with Crippen LogP contribution in [0.25, 0.3) is 11.4 Å². The summed E-state index contributed by atoms with van der Waals surface area (Å²) < 4.78 is 44.7. The van der Waals surface area contributed by atoms with E-state index in [1.807, 2.05) is 18.2 Å². The van der Waals surface area contributed by atoms with Gasteiger partial charge in [0.05, 0.1) is 17.5 Å². The molecule has 3 heterocycles. The largest absolute Gasteiger partial charge is 0.616 e. The minimum atomic E-state index is -3.52. The van der Waals surface area contributed by atoms with Crippen LogP contribution in [0.2, 0.25) is 0 Å². The molecule has 0 radical (unpaired) electrons. The zero-order chi connectivity index (χ0) is 26.3. The lowest BCUT2D eigenvalue weighted by molar-refractivity contribution is -0.130. The van der Waals surface area contributed by atoms with Gasteiger partial charge in [0.15, 0.2) is 12.4 Å². The number of amides is 1. The van der Waals surface area contributed by atoms with Crippen LogP contribution in [0.5, 0.6) is 5.75 Å². The fourth-order valence-corrected chi connectivity index (χ4v) is 6.24. The first-order valence-corrected chi connectivity index (χ1v) is 15.0. The van der Waals surface area contributed by atoms with Crippen LogP contribution in [0, 0.1) is 0 Å². The van der Waals surface area contributed by atoms with Crippen molar-refractivity contribution < 1.29 is 22.5 Å². The van der Waals surface area contributed by atoms with Gasteiger partial charge in [-0.2, -0.15) is 0 Å². The van der Waals surface area contributed by atoms with Crippen LogP contribution < -0.4 is 14.4 Å². The fraction of sp³-hybridized carbons (Fsp3) is 0.320. The number of fused-ring (bicyclic) bond motifs is 2. The first-order valence-electron chi connectivity index (χ1n) is 11.6. The van der Waals surface area contributed by atoms with Gasteiger partial charge in [-0.3, -0.25) is 9.52 Å². The first kappa shape index (κ1) is 25.3. The van der Waals surface area contributed by atoms with E-state index in [1.165, 1.54) is 4.90 Å². The Morgan fingerprint density at radius 2 is 1.97 bits per heavy atom. The number of aromatic nitrogens is 2. The lowest BCUT2D eigenvalue weighted by atomic mass is 10.1. The number of ether oxygens (including phenoxy) is 1. The number of hydrogen-bond acceptors (Lipinski definition) is 8. The quantitative estimate of drug-likeness (QED) is 0.452. The predicted molar refractivity (Wildman–Crippen MR) is 143 cm³/mol. The van der Waals surface area contributed by atoms with Crippen LogP contribution in [0.4, 0.5) is 17.2 Å². The van der Waals surface area contributed by atoms with Gasteiger partial charge in [-0.1, -0.05) is 18.2 Å². The molecule has 3 aromatic rings. The lowest BCUT2D eigenvalue weighted by Gasteiger charge is -2.22. The highest BCUT2D eigenvalue weighted by Gasteiger charge is 2.34. The van der Waals surface area contributed by atoms with Crippen molar-refractivity contribution >= 4 is 44.3 Å². The Hall–Kier alpha value is -3.35. The number of hydrogen-bond donors (Lipinski definition) is 1. The predicted octanol–water partition coefficient (Wildman–Crippen LogP) is 2.44. The molecule has 0 saturated heterocycles. The highest BCUT2D eigenvalue weighted by molar-refractivity contribution is 7.92. The SMILES string of the molecule is CN(C)C(=O)COc1ccc2c(c1)N(c1nc(-c3ccccc3NS(C)(=O)=O)nc3c1C[S+]([O-])C3)CC2. The summed E-state index contributed by atoms with van der Waals surface area (Å²) in [5.74, 6) is 2.11. The second kappa shape index (κ2) is 9.84. The minimum absolute atomic E-state index is 0.0675. The summed E-state index contributed by atoms with van der Waals surface area (Å²) in [4.78, 5) is 25.1. The van der Waals surface area contributed by atoms with E-state index in [4.69, 9.17) is 14.7 Å². The van der Waals surface area contributed by atoms with E-state index in [9.17, 15) is 17.8 Å². The van der Waals surface area contributed by atoms with Gasteiger partial charge < -0.3 is 19.1 Å². The van der Waals surface area contributed by atoms with Gasteiger partial charge in [-0.05, 0) is 41.4 Å². The third kappa shape index (κ3) is 5.36. The molecule has 0 fully saturated rings. The summed E-state index contributed by atoms with van der Waals surface area (Å²) in [6.07, 6.45) is 1.88. The van der Waals surface area contributed by atoms with E-state index in [0.29, 0.717) is 52.4 Å². The number of benzene rings is 2. The second-order valence-electron chi connectivity index (χ2n) is 9.21. The molecule has 0 aliphatic carbocycles. The van der Waals surface area contributed by atoms with E-state index in [0.717, 1.165) is 29.5 Å². The lowest BCUT2D eigenvalue weighted by Crippen LogP contribution is -2.27. The van der Waals surface area contributed by atoms with Gasteiger partial charge in [0.2, 0.25) is 10.0 Å². The Morgan fingerprint density at radius 1 is 1.19 bits per heavy atom. The molecular weight excluding hydrogens is 514 g/mol. The molecule has 5 rings (SSSR count). The van der Waals surface area contributed by atoms with Crippen molar-refractivity contribution in [3.05, 3.63) is 59.3 Å². The number of carbonyl (C=O) groups excluding carboxylic acids is 1. The molecule has 1 unspecified atom stereocenters. The van der Waals surface area contributed by atoms with Crippen molar-refractivity contribution in [2.75, 3.05) is 43.1 Å². The number of carbonyl (C=O) groups is 1. The molecule has 1 amide bonds. The van der Waals surface area contributed by atoms with Gasteiger partial charge in [0.1, 0.15) is 28.8 Å². The van der Waals surface area contributed by atoms with Crippen LogP contribution in [0.1, 0.15) is 16.8 Å². The van der Waals surface area contributed by atoms with E-state index < -0.39 is 21.2 Å². The summed E-state index contributed by atoms with van der Waals surface area (Å²) >= 11 is -1.10. The summed E-state index contributed by atoms with van der Waals surface area (Å²) in [6.45, 7) is 0.593. The van der Waals surface area contributed by atoms with Gasteiger partial charge in [-0.25, -0.2) is 18.4 Å². The average Bonchev–Trinajstić information content (AvgIpc) is 3.43. The standard InChI is InChI=1S/C25H27N5O5S2/c1-29(2)23(31)13-35-17-9-8-16-10-11-30(22(16)12-17)25-19-14-36(32)15-21(19)26-24(27-25)18-6-4-5-7-20(18)28-37(3,33)34/h4-9,12,28H,10-11,13-15H2,1-3H3. The molecule has 0 spiro atoms. The molecule has 2 aliphatic rings. The second-order valence-corrected chi connectivity index (χ2v) is 12.4. The topological polar surface area (TPSA) is 128 Å². The monoisotopic (exact) mass is 541 g/mol. The van der Waals surface area contributed by atoms with Crippen molar-refractivity contribution in [2.24, 2.45) is 0 Å². The normalized spacial score (nSPS) is 16.3. The molecule has 37 heavy (non-hydrogen) atoms. The van der Waals surface area contributed by atoms with Crippen LogP contribution in [0.15, 0.2) is 42.5 Å². The average molecular weight is 542 g/mol. The molecule has 0 saturated carbocycles. The summed E-state index contributed by atoms with van der Waals surface area (Å²) in [5.41, 5.74) is 4.45. The number of rotatable bonds is 7. The summed E-state index contributed by atoms with van der Waals surface area (Å²) in [5, 5.41) is 0. The van der Waals surface area contributed by atoms with Gasteiger partial charge in [0, 0.05) is 38.0 Å². The summed E-state index contributed by atoms with van der Waals surface area (Å²) in [6, 6.07) is 12.7. The molecule has 1 N–H and O–H groups in total. The molecule has 10 nitrogen and oxygen atoms in total. The Bertz CT molecular complexity index is 1480. The van der Waals surface area contributed by atoms with Gasteiger partial charge >= 0.3 is 0 Å². The third-order valence-electron chi connectivity index (χ3n) is 6.21. The van der Waals surface area contributed by atoms with Crippen LogP contribution in [-0.2, 0) is 43.9 Å². The minimum Gasteiger partial charge on any atom is -0.616 e. The van der Waals surface area contributed by atoms with Gasteiger partial charge in [-0.15, -0.1) is 0 Å². The van der Waals surface area contributed by atoms with Crippen molar-refractivity contribution in [2.45, 2.75) is 17.9 Å². The number of sulfonamides is 1. The fourth-order valence-electron chi connectivity index (χ4n) is 4.40. The molecule has 0 bridgehead atoms. The zero-order valence-electron chi connectivity index (χ0n) is 20.7. The molecule has 194 valence electrons. The Morgan fingerprint density at radius 3 is 2.73 bits per heavy atom. The van der Waals surface area contributed by atoms with Crippen molar-refractivity contribution in [1.29, 1.82) is 0 Å². The zero-order valence-corrected chi connectivity index (χ0v) is 22.4. The van der Waals surface area contributed by atoms with Crippen molar-refractivity contribution in [3.8, 4) is 17.1 Å². The number of nitrogens with one attached hydrogen (secondary N) is 1. The summed E-state index contributed by atoms with van der Waals surface area (Å²) in [7, 11) is -0.166. The number of para-hydroxylation sites is 1. The Kier molecular flexibility index (Phi) is 6.73. The van der Waals surface area contributed by atoms with E-state index in [1.54, 1.807) is 38.4 Å².